The summed E-state index contributed by atoms with van der Waals surface area (Å²) in [7, 11) is 2.04. The van der Waals surface area contributed by atoms with Crippen molar-refractivity contribution in [2.24, 2.45) is 0 Å². The molecule has 0 saturated carbocycles. The molecule has 0 N–H and O–H groups in total. The Hall–Kier alpha value is -1.49. The summed E-state index contributed by atoms with van der Waals surface area (Å²) in [5.74, 6) is 0.328. The fourth-order valence-electron chi connectivity index (χ4n) is 3.23. The molecule has 4 heterocycles. The standard InChI is InChI=1S/C14H15FIN5O2/c1-7-10(15)11-9-12(18-14(22)21(11)16)20-4-3-19(2)5-8(20)6-23-13(9)17-7/h8H,3-6H2,1-2H3. The number of anilines is 1. The van der Waals surface area contributed by atoms with Crippen LogP contribution in [0.2, 0.25) is 0 Å². The van der Waals surface area contributed by atoms with E-state index in [2.05, 4.69) is 14.9 Å². The van der Waals surface area contributed by atoms with Crippen LogP contribution in [0.15, 0.2) is 4.79 Å². The van der Waals surface area contributed by atoms with Crippen LogP contribution in [0.3, 0.4) is 0 Å². The van der Waals surface area contributed by atoms with Gasteiger partial charge in [0.15, 0.2) is 5.82 Å². The highest BCUT2D eigenvalue weighted by molar-refractivity contribution is 14.1. The van der Waals surface area contributed by atoms with Gasteiger partial charge in [0.2, 0.25) is 5.88 Å². The highest BCUT2D eigenvalue weighted by Crippen LogP contribution is 2.37. The summed E-state index contributed by atoms with van der Waals surface area (Å²) < 4.78 is 21.7. The van der Waals surface area contributed by atoms with Gasteiger partial charge in [-0.3, -0.25) is 0 Å². The molecule has 0 bridgehead atoms. The lowest BCUT2D eigenvalue weighted by Crippen LogP contribution is -2.54. The van der Waals surface area contributed by atoms with Crippen molar-refractivity contribution in [3.05, 3.63) is 22.0 Å². The lowest BCUT2D eigenvalue weighted by Gasteiger charge is -2.39. The van der Waals surface area contributed by atoms with Crippen molar-refractivity contribution in [2.45, 2.75) is 13.0 Å². The van der Waals surface area contributed by atoms with E-state index in [4.69, 9.17) is 4.74 Å². The van der Waals surface area contributed by atoms with E-state index >= 15 is 0 Å². The zero-order chi connectivity index (χ0) is 16.3. The lowest BCUT2D eigenvalue weighted by molar-refractivity contribution is 0.204. The number of hydrogen-bond donors (Lipinski definition) is 0. The van der Waals surface area contributed by atoms with Crippen molar-refractivity contribution in [3.8, 4) is 5.88 Å². The van der Waals surface area contributed by atoms with Crippen LogP contribution in [0.4, 0.5) is 10.2 Å². The Morgan fingerprint density at radius 3 is 2.91 bits per heavy atom. The van der Waals surface area contributed by atoms with Gasteiger partial charge in [0.25, 0.3) is 0 Å². The van der Waals surface area contributed by atoms with Gasteiger partial charge in [0.05, 0.1) is 34.6 Å². The number of likely N-dealkylation sites (N-methyl/N-ethyl adjacent to an activating group) is 1. The fourth-order valence-corrected chi connectivity index (χ4v) is 3.79. The second kappa shape index (κ2) is 5.26. The van der Waals surface area contributed by atoms with Crippen molar-refractivity contribution in [2.75, 3.05) is 38.2 Å². The number of piperazine rings is 1. The molecule has 4 rings (SSSR count). The molecule has 7 nitrogen and oxygen atoms in total. The summed E-state index contributed by atoms with van der Waals surface area (Å²) in [5.41, 5.74) is -0.0720. The summed E-state index contributed by atoms with van der Waals surface area (Å²) in [6.45, 7) is 4.37. The van der Waals surface area contributed by atoms with Crippen LogP contribution in [0, 0.1) is 12.7 Å². The van der Waals surface area contributed by atoms with E-state index < -0.39 is 11.5 Å². The van der Waals surface area contributed by atoms with Gasteiger partial charge in [-0.05, 0) is 14.0 Å². The molecule has 122 valence electrons. The number of ether oxygens (including phenoxy) is 1. The average Bonchev–Trinajstić information content (AvgIpc) is 2.65. The number of rotatable bonds is 0. The van der Waals surface area contributed by atoms with E-state index in [9.17, 15) is 9.18 Å². The molecule has 0 aromatic carbocycles. The molecule has 0 aliphatic carbocycles. The SMILES string of the molecule is Cc1nc2c3c(nc(=O)n(I)c3c1F)N1CCN(C)CC1CO2. The molecule has 1 fully saturated rings. The molecular formula is C14H15FIN5O2. The van der Waals surface area contributed by atoms with Gasteiger partial charge in [-0.15, -0.1) is 0 Å². The Morgan fingerprint density at radius 2 is 2.13 bits per heavy atom. The summed E-state index contributed by atoms with van der Waals surface area (Å²) in [6.07, 6.45) is 0. The maximum atomic E-state index is 14.6. The van der Waals surface area contributed by atoms with Crippen LogP contribution in [0.1, 0.15) is 5.69 Å². The molecule has 1 atom stereocenters. The molecule has 2 aromatic rings. The van der Waals surface area contributed by atoms with Gasteiger partial charge in [-0.1, -0.05) is 0 Å². The number of fused-ring (bicyclic) bond motifs is 2. The third-order valence-electron chi connectivity index (χ3n) is 4.41. The molecule has 2 aromatic heterocycles. The normalized spacial score (nSPS) is 21.0. The Morgan fingerprint density at radius 1 is 1.35 bits per heavy atom. The van der Waals surface area contributed by atoms with Gasteiger partial charge < -0.3 is 14.5 Å². The number of aromatic nitrogens is 3. The largest absolute Gasteiger partial charge is 0.475 e. The smallest absolute Gasteiger partial charge is 0.359 e. The van der Waals surface area contributed by atoms with E-state index in [1.54, 1.807) is 29.8 Å². The molecule has 1 unspecified atom stereocenters. The first-order valence-corrected chi connectivity index (χ1v) is 8.31. The molecule has 0 spiro atoms. The van der Waals surface area contributed by atoms with Gasteiger partial charge in [0.1, 0.15) is 23.3 Å². The highest BCUT2D eigenvalue weighted by atomic mass is 127. The average molecular weight is 431 g/mol. The van der Waals surface area contributed by atoms with Gasteiger partial charge in [0, 0.05) is 19.6 Å². The number of aryl methyl sites for hydroxylation is 1. The Labute approximate surface area is 145 Å². The predicted molar refractivity (Wildman–Crippen MR) is 92.0 cm³/mol. The third kappa shape index (κ3) is 2.20. The van der Waals surface area contributed by atoms with E-state index in [1.165, 1.54) is 2.78 Å². The van der Waals surface area contributed by atoms with Crippen molar-refractivity contribution in [1.82, 2.24) is 17.6 Å². The van der Waals surface area contributed by atoms with Crippen molar-refractivity contribution < 1.29 is 9.13 Å². The maximum Gasteiger partial charge on any atom is 0.359 e. The molecule has 2 aliphatic heterocycles. The maximum absolute atomic E-state index is 14.6. The second-order valence-corrected chi connectivity index (χ2v) is 6.92. The monoisotopic (exact) mass is 431 g/mol. The Bertz CT molecular complexity index is 871. The minimum Gasteiger partial charge on any atom is -0.475 e. The van der Waals surface area contributed by atoms with Gasteiger partial charge in [-0.2, -0.15) is 4.98 Å². The van der Waals surface area contributed by atoms with Crippen LogP contribution in [-0.2, 0) is 0 Å². The zero-order valence-corrected chi connectivity index (χ0v) is 14.9. The summed E-state index contributed by atoms with van der Waals surface area (Å²) >= 11 is 1.77. The van der Waals surface area contributed by atoms with Gasteiger partial charge in [-0.25, -0.2) is 16.9 Å². The number of pyridine rings is 1. The predicted octanol–water partition coefficient (Wildman–Crippen LogP) is 0.950. The Kier molecular flexibility index (Phi) is 3.45. The first-order valence-electron chi connectivity index (χ1n) is 7.34. The molecule has 1 saturated heterocycles. The van der Waals surface area contributed by atoms with E-state index in [-0.39, 0.29) is 17.3 Å². The summed E-state index contributed by atoms with van der Waals surface area (Å²) in [4.78, 5) is 24.9. The zero-order valence-electron chi connectivity index (χ0n) is 12.7. The van der Waals surface area contributed by atoms with Crippen molar-refractivity contribution >= 4 is 39.6 Å². The third-order valence-corrected chi connectivity index (χ3v) is 5.30. The molecule has 2 aliphatic rings. The highest BCUT2D eigenvalue weighted by Gasteiger charge is 2.34. The number of nitrogens with zero attached hydrogens (tertiary/aromatic N) is 5. The van der Waals surface area contributed by atoms with Crippen molar-refractivity contribution in [3.63, 3.8) is 0 Å². The van der Waals surface area contributed by atoms with Crippen LogP contribution >= 0.6 is 22.9 Å². The minimum absolute atomic E-state index is 0.0616. The topological polar surface area (TPSA) is 63.5 Å². The van der Waals surface area contributed by atoms with Crippen LogP contribution in [0.5, 0.6) is 5.88 Å². The first-order chi connectivity index (χ1) is 11.0. The van der Waals surface area contributed by atoms with E-state index in [0.717, 1.165) is 13.1 Å². The number of halogens is 2. The van der Waals surface area contributed by atoms with E-state index in [1.807, 2.05) is 11.9 Å². The second-order valence-electron chi connectivity index (χ2n) is 5.96. The Balaban J connectivity index is 2.06. The number of hydrogen-bond acceptors (Lipinski definition) is 6. The summed E-state index contributed by atoms with van der Waals surface area (Å²) in [6, 6.07) is 0.0616. The minimum atomic E-state index is -0.505. The molecular weight excluding hydrogens is 416 g/mol. The quantitative estimate of drug-likeness (QED) is 0.580. The first kappa shape index (κ1) is 15.1. The molecule has 9 heteroatoms. The van der Waals surface area contributed by atoms with Crippen molar-refractivity contribution in [1.29, 1.82) is 0 Å². The lowest BCUT2D eigenvalue weighted by atomic mass is 10.1. The summed E-state index contributed by atoms with van der Waals surface area (Å²) in [5, 5.41) is 0.481. The van der Waals surface area contributed by atoms with Crippen LogP contribution in [-0.4, -0.2) is 57.0 Å². The van der Waals surface area contributed by atoms with Gasteiger partial charge >= 0.3 is 5.69 Å². The molecule has 23 heavy (non-hydrogen) atoms. The van der Waals surface area contributed by atoms with Crippen LogP contribution < -0.4 is 15.3 Å². The molecule has 0 radical (unpaired) electrons. The van der Waals surface area contributed by atoms with Crippen LogP contribution in [0.25, 0.3) is 10.9 Å². The van der Waals surface area contributed by atoms with E-state index in [0.29, 0.717) is 30.2 Å². The fraction of sp³-hybridized carbons (Fsp3) is 0.500. The molecule has 0 amide bonds.